The Bertz CT molecular complexity index is 518. The van der Waals surface area contributed by atoms with Gasteiger partial charge in [-0.15, -0.1) is 0 Å². The van der Waals surface area contributed by atoms with Crippen LogP contribution in [0.5, 0.6) is 5.88 Å². The normalized spacial score (nSPS) is 19.9. The van der Waals surface area contributed by atoms with E-state index < -0.39 is 0 Å². The van der Waals surface area contributed by atoms with Gasteiger partial charge in [0.1, 0.15) is 12.4 Å². The SMILES string of the molecule is CCn1cnc2c(O[C@H]3CCNC3)ncnc21. The fourth-order valence-corrected chi connectivity index (χ4v) is 2.06. The van der Waals surface area contributed by atoms with Gasteiger partial charge >= 0.3 is 0 Å². The first-order valence-electron chi connectivity index (χ1n) is 5.91. The number of aryl methyl sites for hydroxylation is 1. The molecule has 0 bridgehead atoms. The monoisotopic (exact) mass is 233 g/mol. The molecule has 1 saturated heterocycles. The fourth-order valence-electron chi connectivity index (χ4n) is 2.06. The Balaban J connectivity index is 1.95. The number of rotatable bonds is 3. The van der Waals surface area contributed by atoms with Crippen LogP contribution in [0.1, 0.15) is 13.3 Å². The maximum Gasteiger partial charge on any atom is 0.245 e. The van der Waals surface area contributed by atoms with Crippen LogP contribution < -0.4 is 10.1 Å². The molecule has 0 radical (unpaired) electrons. The molecule has 1 atom stereocenters. The molecule has 3 heterocycles. The van der Waals surface area contributed by atoms with Crippen LogP contribution in [0, 0.1) is 0 Å². The van der Waals surface area contributed by atoms with Crippen LogP contribution in [0.15, 0.2) is 12.7 Å². The van der Waals surface area contributed by atoms with E-state index >= 15 is 0 Å². The molecule has 0 amide bonds. The maximum atomic E-state index is 5.86. The summed E-state index contributed by atoms with van der Waals surface area (Å²) in [6, 6.07) is 0. The minimum Gasteiger partial charge on any atom is -0.471 e. The third-order valence-electron chi connectivity index (χ3n) is 3.00. The summed E-state index contributed by atoms with van der Waals surface area (Å²) in [4.78, 5) is 12.7. The smallest absolute Gasteiger partial charge is 0.245 e. The van der Waals surface area contributed by atoms with Crippen LogP contribution in [0.3, 0.4) is 0 Å². The highest BCUT2D eigenvalue weighted by atomic mass is 16.5. The van der Waals surface area contributed by atoms with Crippen molar-refractivity contribution in [1.29, 1.82) is 0 Å². The quantitative estimate of drug-likeness (QED) is 0.840. The number of nitrogens with zero attached hydrogens (tertiary/aromatic N) is 4. The van der Waals surface area contributed by atoms with Gasteiger partial charge in [0, 0.05) is 13.1 Å². The first-order chi connectivity index (χ1) is 8.38. The molecule has 2 aromatic rings. The summed E-state index contributed by atoms with van der Waals surface area (Å²) in [6.45, 7) is 4.78. The molecule has 90 valence electrons. The third kappa shape index (κ3) is 1.84. The van der Waals surface area contributed by atoms with Crippen LogP contribution >= 0.6 is 0 Å². The minimum absolute atomic E-state index is 0.194. The second-order valence-corrected chi connectivity index (χ2v) is 4.11. The van der Waals surface area contributed by atoms with Crippen molar-refractivity contribution < 1.29 is 4.74 Å². The van der Waals surface area contributed by atoms with Gasteiger partial charge in [-0.2, -0.15) is 4.98 Å². The number of fused-ring (bicyclic) bond motifs is 1. The Hall–Kier alpha value is -1.69. The minimum atomic E-state index is 0.194. The van der Waals surface area contributed by atoms with Crippen LogP contribution in [0.2, 0.25) is 0 Å². The first kappa shape index (κ1) is 10.5. The van der Waals surface area contributed by atoms with Gasteiger partial charge in [0.25, 0.3) is 0 Å². The Morgan fingerprint density at radius 2 is 2.41 bits per heavy atom. The van der Waals surface area contributed by atoms with E-state index in [2.05, 4.69) is 27.2 Å². The number of ether oxygens (including phenoxy) is 1. The summed E-state index contributed by atoms with van der Waals surface area (Å²) >= 11 is 0. The summed E-state index contributed by atoms with van der Waals surface area (Å²) in [6.07, 6.45) is 4.52. The molecular weight excluding hydrogens is 218 g/mol. The number of aromatic nitrogens is 4. The fraction of sp³-hybridized carbons (Fsp3) is 0.545. The van der Waals surface area contributed by atoms with Crippen LogP contribution in [-0.2, 0) is 6.54 Å². The molecule has 6 nitrogen and oxygen atoms in total. The van der Waals surface area contributed by atoms with Crippen molar-refractivity contribution in [3.63, 3.8) is 0 Å². The van der Waals surface area contributed by atoms with Gasteiger partial charge in [-0.05, 0) is 19.9 Å². The number of hydrogen-bond acceptors (Lipinski definition) is 5. The van der Waals surface area contributed by atoms with Crippen LogP contribution in [0.25, 0.3) is 11.2 Å². The average molecular weight is 233 g/mol. The second kappa shape index (κ2) is 4.29. The van der Waals surface area contributed by atoms with Crippen molar-refractivity contribution >= 4 is 11.2 Å². The molecule has 0 spiro atoms. The van der Waals surface area contributed by atoms with Gasteiger partial charge in [0.2, 0.25) is 5.88 Å². The molecule has 2 aromatic heterocycles. The molecule has 1 fully saturated rings. The molecule has 3 rings (SSSR count). The van der Waals surface area contributed by atoms with Gasteiger partial charge in [0.15, 0.2) is 11.2 Å². The van der Waals surface area contributed by atoms with Gasteiger partial charge in [-0.1, -0.05) is 0 Å². The maximum absolute atomic E-state index is 5.86. The lowest BCUT2D eigenvalue weighted by Crippen LogP contribution is -2.20. The first-order valence-corrected chi connectivity index (χ1v) is 5.91. The highest BCUT2D eigenvalue weighted by Gasteiger charge is 2.19. The molecule has 6 heteroatoms. The van der Waals surface area contributed by atoms with E-state index in [4.69, 9.17) is 4.74 Å². The lowest BCUT2D eigenvalue weighted by atomic mass is 10.3. The third-order valence-corrected chi connectivity index (χ3v) is 3.00. The van der Waals surface area contributed by atoms with Crippen LogP contribution in [-0.4, -0.2) is 38.7 Å². The second-order valence-electron chi connectivity index (χ2n) is 4.11. The van der Waals surface area contributed by atoms with E-state index in [1.54, 1.807) is 6.33 Å². The molecule has 0 aromatic carbocycles. The summed E-state index contributed by atoms with van der Waals surface area (Å²) in [5.41, 5.74) is 1.59. The van der Waals surface area contributed by atoms with Crippen LogP contribution in [0.4, 0.5) is 0 Å². The van der Waals surface area contributed by atoms with Crippen molar-refractivity contribution in [2.24, 2.45) is 0 Å². The largest absolute Gasteiger partial charge is 0.471 e. The van der Waals surface area contributed by atoms with Gasteiger partial charge in [0.05, 0.1) is 6.33 Å². The Kier molecular flexibility index (Phi) is 2.64. The molecule has 1 aliphatic rings. The number of nitrogens with one attached hydrogen (secondary N) is 1. The standard InChI is InChI=1S/C11H15N5O/c1-2-16-7-15-9-10(16)13-6-14-11(9)17-8-3-4-12-5-8/h6-8,12H,2-5H2,1H3/t8-/m0/s1. The lowest BCUT2D eigenvalue weighted by molar-refractivity contribution is 0.216. The van der Waals surface area contributed by atoms with E-state index in [0.29, 0.717) is 5.88 Å². The van der Waals surface area contributed by atoms with Crippen molar-refractivity contribution in [2.75, 3.05) is 13.1 Å². The summed E-state index contributed by atoms with van der Waals surface area (Å²) in [5, 5.41) is 3.26. The van der Waals surface area contributed by atoms with Gasteiger partial charge < -0.3 is 14.6 Å². The zero-order valence-electron chi connectivity index (χ0n) is 9.76. The Labute approximate surface area is 99.0 Å². The Morgan fingerprint density at radius 3 is 3.18 bits per heavy atom. The van der Waals surface area contributed by atoms with E-state index in [1.165, 1.54) is 6.33 Å². The number of imidazole rings is 1. The summed E-state index contributed by atoms with van der Waals surface area (Å²) in [5.74, 6) is 0.593. The zero-order valence-corrected chi connectivity index (χ0v) is 9.76. The molecule has 1 aliphatic heterocycles. The molecule has 1 N–H and O–H groups in total. The van der Waals surface area contributed by atoms with E-state index in [9.17, 15) is 0 Å². The van der Waals surface area contributed by atoms with Gasteiger partial charge in [-0.25, -0.2) is 9.97 Å². The summed E-state index contributed by atoms with van der Waals surface area (Å²) < 4.78 is 7.84. The van der Waals surface area contributed by atoms with Crippen molar-refractivity contribution in [3.8, 4) is 5.88 Å². The van der Waals surface area contributed by atoms with E-state index in [0.717, 1.165) is 37.2 Å². The topological polar surface area (TPSA) is 64.9 Å². The highest BCUT2D eigenvalue weighted by molar-refractivity contribution is 5.75. The molecule has 0 unspecified atom stereocenters. The average Bonchev–Trinajstić information content (AvgIpc) is 2.97. The zero-order chi connectivity index (χ0) is 11.7. The van der Waals surface area contributed by atoms with Crippen molar-refractivity contribution in [1.82, 2.24) is 24.8 Å². The Morgan fingerprint density at radius 1 is 1.47 bits per heavy atom. The molecule has 0 saturated carbocycles. The van der Waals surface area contributed by atoms with Crippen molar-refractivity contribution in [3.05, 3.63) is 12.7 Å². The van der Waals surface area contributed by atoms with E-state index in [-0.39, 0.29) is 6.10 Å². The van der Waals surface area contributed by atoms with Gasteiger partial charge in [-0.3, -0.25) is 0 Å². The molecule has 0 aliphatic carbocycles. The summed E-state index contributed by atoms with van der Waals surface area (Å²) in [7, 11) is 0. The number of hydrogen-bond donors (Lipinski definition) is 1. The molecule has 17 heavy (non-hydrogen) atoms. The van der Waals surface area contributed by atoms with Crippen molar-refractivity contribution in [2.45, 2.75) is 26.0 Å². The molecular formula is C11H15N5O. The highest BCUT2D eigenvalue weighted by Crippen LogP contribution is 2.21. The predicted octanol–water partition coefficient (Wildman–Crippen LogP) is 0.587. The lowest BCUT2D eigenvalue weighted by Gasteiger charge is -2.11. The predicted molar refractivity (Wildman–Crippen MR) is 62.9 cm³/mol. The van der Waals surface area contributed by atoms with E-state index in [1.807, 2.05) is 4.57 Å².